The quantitative estimate of drug-likeness (QED) is 0.689. The van der Waals surface area contributed by atoms with E-state index in [0.717, 1.165) is 10.9 Å². The first-order chi connectivity index (χ1) is 12.7. The van der Waals surface area contributed by atoms with E-state index < -0.39 is 0 Å². The first-order valence-electron chi connectivity index (χ1n) is 8.20. The minimum absolute atomic E-state index is 0.120. The number of hydrogen-bond acceptors (Lipinski definition) is 5. The summed E-state index contributed by atoms with van der Waals surface area (Å²) in [5, 5.41) is 3.66. The Morgan fingerprint density at radius 3 is 2.65 bits per heavy atom. The molecular weight excluding hydrogens is 332 g/mol. The zero-order chi connectivity index (χ0) is 18.4. The van der Waals surface area contributed by atoms with Crippen LogP contribution in [0.2, 0.25) is 0 Å². The van der Waals surface area contributed by atoms with E-state index in [4.69, 9.17) is 9.47 Å². The number of rotatable bonds is 6. The van der Waals surface area contributed by atoms with Crippen LogP contribution in [0.4, 0.5) is 5.69 Å². The number of amides is 1. The predicted molar refractivity (Wildman–Crippen MR) is 98.3 cm³/mol. The Morgan fingerprint density at radius 1 is 1.08 bits per heavy atom. The van der Waals surface area contributed by atoms with E-state index in [1.54, 1.807) is 43.5 Å². The third-order valence-electron chi connectivity index (χ3n) is 3.62. The standard InChI is InChI=1S/C20H18N2O4/c1-2-25-20(24)14-5-7-16(8-6-14)22-19(23)13-26-17-9-10-18-15(12-17)4-3-11-21-18/h3-12H,2,13H2,1H3,(H,22,23). The van der Waals surface area contributed by atoms with Gasteiger partial charge in [0.25, 0.3) is 5.91 Å². The molecule has 0 aliphatic carbocycles. The highest BCUT2D eigenvalue weighted by atomic mass is 16.5. The Hall–Kier alpha value is -3.41. The molecule has 1 amide bonds. The zero-order valence-electron chi connectivity index (χ0n) is 14.3. The largest absolute Gasteiger partial charge is 0.484 e. The first-order valence-corrected chi connectivity index (χ1v) is 8.20. The third kappa shape index (κ3) is 4.36. The van der Waals surface area contributed by atoms with Gasteiger partial charge >= 0.3 is 5.97 Å². The average Bonchev–Trinajstić information content (AvgIpc) is 2.67. The van der Waals surface area contributed by atoms with Gasteiger partial charge < -0.3 is 14.8 Å². The highest BCUT2D eigenvalue weighted by Crippen LogP contribution is 2.19. The van der Waals surface area contributed by atoms with Crippen molar-refractivity contribution in [3.63, 3.8) is 0 Å². The molecule has 0 aliphatic rings. The fourth-order valence-corrected chi connectivity index (χ4v) is 2.39. The molecule has 132 valence electrons. The van der Waals surface area contributed by atoms with Crippen molar-refractivity contribution in [1.82, 2.24) is 4.98 Å². The van der Waals surface area contributed by atoms with Gasteiger partial charge in [0.2, 0.25) is 0 Å². The second-order valence-corrected chi connectivity index (χ2v) is 5.49. The van der Waals surface area contributed by atoms with E-state index in [9.17, 15) is 9.59 Å². The summed E-state index contributed by atoms with van der Waals surface area (Å²) in [5.41, 5.74) is 1.88. The van der Waals surface area contributed by atoms with Crippen LogP contribution in [0.15, 0.2) is 60.8 Å². The number of benzene rings is 2. The van der Waals surface area contributed by atoms with Gasteiger partial charge in [0.15, 0.2) is 6.61 Å². The van der Waals surface area contributed by atoms with Crippen LogP contribution in [0.3, 0.4) is 0 Å². The van der Waals surface area contributed by atoms with Crippen LogP contribution in [0.25, 0.3) is 10.9 Å². The number of anilines is 1. The predicted octanol–water partition coefficient (Wildman–Crippen LogP) is 3.43. The molecule has 3 aromatic rings. The Bertz CT molecular complexity index is 923. The molecule has 0 bridgehead atoms. The molecule has 0 atom stereocenters. The highest BCUT2D eigenvalue weighted by molar-refractivity contribution is 5.93. The number of nitrogens with zero attached hydrogens (tertiary/aromatic N) is 1. The number of nitrogens with one attached hydrogen (secondary N) is 1. The van der Waals surface area contributed by atoms with E-state index in [1.165, 1.54) is 0 Å². The molecular formula is C20H18N2O4. The minimum Gasteiger partial charge on any atom is -0.484 e. The van der Waals surface area contributed by atoms with Crippen molar-refractivity contribution in [1.29, 1.82) is 0 Å². The van der Waals surface area contributed by atoms with E-state index in [1.807, 2.05) is 24.3 Å². The molecule has 6 nitrogen and oxygen atoms in total. The number of carbonyl (C=O) groups excluding carboxylic acids is 2. The second kappa shape index (κ2) is 8.11. The summed E-state index contributed by atoms with van der Waals surface area (Å²) < 4.78 is 10.4. The average molecular weight is 350 g/mol. The lowest BCUT2D eigenvalue weighted by atomic mass is 10.2. The Kier molecular flexibility index (Phi) is 5.43. The number of fused-ring (bicyclic) bond motifs is 1. The maximum absolute atomic E-state index is 12.0. The number of carbonyl (C=O) groups is 2. The van der Waals surface area contributed by atoms with Gasteiger partial charge in [0, 0.05) is 17.3 Å². The maximum Gasteiger partial charge on any atom is 0.338 e. The van der Waals surface area contributed by atoms with E-state index in [2.05, 4.69) is 10.3 Å². The van der Waals surface area contributed by atoms with Gasteiger partial charge in [-0.25, -0.2) is 4.79 Å². The van der Waals surface area contributed by atoms with Crippen LogP contribution in [0, 0.1) is 0 Å². The molecule has 1 heterocycles. The topological polar surface area (TPSA) is 77.5 Å². The van der Waals surface area contributed by atoms with Crippen molar-refractivity contribution in [3.05, 3.63) is 66.4 Å². The fourth-order valence-electron chi connectivity index (χ4n) is 2.39. The number of esters is 1. The van der Waals surface area contributed by atoms with Gasteiger partial charge in [-0.2, -0.15) is 0 Å². The van der Waals surface area contributed by atoms with E-state index in [0.29, 0.717) is 23.6 Å². The van der Waals surface area contributed by atoms with Crippen LogP contribution in [0.1, 0.15) is 17.3 Å². The third-order valence-corrected chi connectivity index (χ3v) is 3.62. The molecule has 1 aromatic heterocycles. The van der Waals surface area contributed by atoms with Crippen LogP contribution in [-0.4, -0.2) is 30.1 Å². The minimum atomic E-state index is -0.389. The van der Waals surface area contributed by atoms with Crippen molar-refractivity contribution in [2.24, 2.45) is 0 Å². The first kappa shape index (κ1) is 17.4. The molecule has 0 fully saturated rings. The molecule has 0 saturated heterocycles. The summed E-state index contributed by atoms with van der Waals surface area (Å²) in [6.45, 7) is 1.95. The lowest BCUT2D eigenvalue weighted by molar-refractivity contribution is -0.118. The number of pyridine rings is 1. The van der Waals surface area contributed by atoms with Crippen LogP contribution >= 0.6 is 0 Å². The van der Waals surface area contributed by atoms with Gasteiger partial charge in [-0.05, 0) is 55.5 Å². The molecule has 3 rings (SSSR count). The van der Waals surface area contributed by atoms with Crippen molar-refractivity contribution in [3.8, 4) is 5.75 Å². The maximum atomic E-state index is 12.0. The highest BCUT2D eigenvalue weighted by Gasteiger charge is 2.08. The molecule has 0 saturated carbocycles. The lowest BCUT2D eigenvalue weighted by Crippen LogP contribution is -2.20. The molecule has 0 radical (unpaired) electrons. The lowest BCUT2D eigenvalue weighted by Gasteiger charge is -2.09. The normalized spacial score (nSPS) is 10.3. The van der Waals surface area contributed by atoms with Crippen LogP contribution < -0.4 is 10.1 Å². The van der Waals surface area contributed by atoms with Crippen molar-refractivity contribution >= 4 is 28.5 Å². The summed E-state index contributed by atoms with van der Waals surface area (Å²) in [7, 11) is 0. The molecule has 6 heteroatoms. The summed E-state index contributed by atoms with van der Waals surface area (Å²) >= 11 is 0. The SMILES string of the molecule is CCOC(=O)c1ccc(NC(=O)COc2ccc3ncccc3c2)cc1. The van der Waals surface area contributed by atoms with Gasteiger partial charge in [-0.1, -0.05) is 6.07 Å². The molecule has 1 N–H and O–H groups in total. The van der Waals surface area contributed by atoms with Gasteiger partial charge in [-0.15, -0.1) is 0 Å². The molecule has 0 unspecified atom stereocenters. The van der Waals surface area contributed by atoms with Gasteiger partial charge in [0.05, 0.1) is 17.7 Å². The zero-order valence-corrected chi connectivity index (χ0v) is 14.3. The number of hydrogen-bond donors (Lipinski definition) is 1. The molecule has 2 aromatic carbocycles. The number of ether oxygens (including phenoxy) is 2. The molecule has 0 aliphatic heterocycles. The number of aromatic nitrogens is 1. The Balaban J connectivity index is 1.55. The smallest absolute Gasteiger partial charge is 0.338 e. The Labute approximate surface area is 150 Å². The van der Waals surface area contributed by atoms with Crippen LogP contribution in [-0.2, 0) is 9.53 Å². The summed E-state index contributed by atoms with van der Waals surface area (Å²) in [6.07, 6.45) is 1.73. The van der Waals surface area contributed by atoms with Crippen molar-refractivity contribution in [2.75, 3.05) is 18.5 Å². The molecule has 0 spiro atoms. The molecule has 26 heavy (non-hydrogen) atoms. The second-order valence-electron chi connectivity index (χ2n) is 5.49. The van der Waals surface area contributed by atoms with E-state index >= 15 is 0 Å². The summed E-state index contributed by atoms with van der Waals surface area (Å²) in [4.78, 5) is 27.9. The monoisotopic (exact) mass is 350 g/mol. The van der Waals surface area contributed by atoms with Crippen molar-refractivity contribution < 1.29 is 19.1 Å². The van der Waals surface area contributed by atoms with Gasteiger partial charge in [0.1, 0.15) is 5.75 Å². The summed E-state index contributed by atoms with van der Waals surface area (Å²) in [6, 6.07) is 15.7. The Morgan fingerprint density at radius 2 is 1.88 bits per heavy atom. The van der Waals surface area contributed by atoms with Gasteiger partial charge in [-0.3, -0.25) is 9.78 Å². The van der Waals surface area contributed by atoms with E-state index in [-0.39, 0.29) is 18.5 Å². The fraction of sp³-hybridized carbons (Fsp3) is 0.150. The van der Waals surface area contributed by atoms with Crippen LogP contribution in [0.5, 0.6) is 5.75 Å². The summed E-state index contributed by atoms with van der Waals surface area (Å²) in [5.74, 6) is -0.0852. The van der Waals surface area contributed by atoms with Crippen molar-refractivity contribution in [2.45, 2.75) is 6.92 Å².